The molecule has 2 unspecified atom stereocenters. The van der Waals surface area contributed by atoms with Crippen LogP contribution >= 0.6 is 0 Å². The molecule has 0 aromatic heterocycles. The molecular formula is C13H26N2O. The van der Waals surface area contributed by atoms with Crippen LogP contribution in [0.2, 0.25) is 0 Å². The highest BCUT2D eigenvalue weighted by atomic mass is 16.2. The van der Waals surface area contributed by atoms with Crippen LogP contribution in [-0.4, -0.2) is 36.0 Å². The molecule has 0 aromatic carbocycles. The van der Waals surface area contributed by atoms with Crippen LogP contribution in [0.25, 0.3) is 0 Å². The Labute approximate surface area is 99.6 Å². The standard InChI is InChI=1S/C13H26N2O/c1-4-9-14-13(16)10-15-11(2)7-5-6-8-12(15)3/h11-12H,4-10H2,1-3H3,(H,14,16). The van der Waals surface area contributed by atoms with Gasteiger partial charge in [-0.3, -0.25) is 9.69 Å². The van der Waals surface area contributed by atoms with Crippen molar-refractivity contribution >= 4 is 5.91 Å². The first-order valence-electron chi connectivity index (χ1n) is 6.67. The van der Waals surface area contributed by atoms with Gasteiger partial charge in [0.25, 0.3) is 0 Å². The third kappa shape index (κ3) is 4.12. The van der Waals surface area contributed by atoms with E-state index >= 15 is 0 Å². The minimum Gasteiger partial charge on any atom is -0.355 e. The predicted octanol–water partition coefficient (Wildman–Crippen LogP) is 2.17. The molecule has 0 radical (unpaired) electrons. The van der Waals surface area contributed by atoms with Gasteiger partial charge in [0.2, 0.25) is 5.91 Å². The van der Waals surface area contributed by atoms with Crippen LogP contribution in [-0.2, 0) is 4.79 Å². The number of nitrogens with one attached hydrogen (secondary N) is 1. The second-order valence-corrected chi connectivity index (χ2v) is 5.00. The molecule has 3 nitrogen and oxygen atoms in total. The van der Waals surface area contributed by atoms with Gasteiger partial charge in [0.05, 0.1) is 6.54 Å². The van der Waals surface area contributed by atoms with Crippen LogP contribution in [0.1, 0.15) is 52.9 Å². The fraction of sp³-hybridized carbons (Fsp3) is 0.923. The third-order valence-corrected chi connectivity index (χ3v) is 3.52. The third-order valence-electron chi connectivity index (χ3n) is 3.52. The summed E-state index contributed by atoms with van der Waals surface area (Å²) in [7, 11) is 0. The van der Waals surface area contributed by atoms with Gasteiger partial charge >= 0.3 is 0 Å². The molecule has 1 aliphatic rings. The lowest BCUT2D eigenvalue weighted by molar-refractivity contribution is -0.123. The summed E-state index contributed by atoms with van der Waals surface area (Å²) in [5, 5.41) is 2.96. The maximum atomic E-state index is 11.7. The molecule has 0 spiro atoms. The highest BCUT2D eigenvalue weighted by Crippen LogP contribution is 2.21. The Bertz CT molecular complexity index is 206. The van der Waals surface area contributed by atoms with Crippen molar-refractivity contribution in [2.75, 3.05) is 13.1 Å². The zero-order valence-corrected chi connectivity index (χ0v) is 11.0. The lowest BCUT2D eigenvalue weighted by Gasteiger charge is -2.31. The van der Waals surface area contributed by atoms with Crippen LogP contribution < -0.4 is 5.32 Å². The fourth-order valence-corrected chi connectivity index (χ4v) is 2.44. The molecule has 1 N–H and O–H groups in total. The first kappa shape index (κ1) is 13.5. The minimum atomic E-state index is 0.183. The average molecular weight is 226 g/mol. The van der Waals surface area contributed by atoms with Crippen molar-refractivity contribution in [2.45, 2.75) is 65.0 Å². The van der Waals surface area contributed by atoms with Gasteiger partial charge in [-0.15, -0.1) is 0 Å². The van der Waals surface area contributed by atoms with E-state index < -0.39 is 0 Å². The molecule has 16 heavy (non-hydrogen) atoms. The summed E-state index contributed by atoms with van der Waals surface area (Å²) in [6.07, 6.45) is 6.07. The molecule has 0 bridgehead atoms. The highest BCUT2D eigenvalue weighted by molar-refractivity contribution is 5.78. The van der Waals surface area contributed by atoms with E-state index in [-0.39, 0.29) is 5.91 Å². The zero-order valence-electron chi connectivity index (χ0n) is 11.0. The largest absolute Gasteiger partial charge is 0.355 e. The molecule has 1 saturated heterocycles. The van der Waals surface area contributed by atoms with Crippen molar-refractivity contribution in [3.8, 4) is 0 Å². The van der Waals surface area contributed by atoms with Crippen molar-refractivity contribution < 1.29 is 4.79 Å². The number of rotatable bonds is 4. The molecule has 94 valence electrons. The number of hydrogen-bond acceptors (Lipinski definition) is 2. The number of carbonyl (C=O) groups excluding carboxylic acids is 1. The van der Waals surface area contributed by atoms with Crippen molar-refractivity contribution in [3.05, 3.63) is 0 Å². The highest BCUT2D eigenvalue weighted by Gasteiger charge is 2.24. The Hall–Kier alpha value is -0.570. The van der Waals surface area contributed by atoms with Crippen LogP contribution in [0.4, 0.5) is 0 Å². The maximum Gasteiger partial charge on any atom is 0.234 e. The molecule has 0 saturated carbocycles. The average Bonchev–Trinajstić information content (AvgIpc) is 2.41. The van der Waals surface area contributed by atoms with Crippen LogP contribution in [0.15, 0.2) is 0 Å². The van der Waals surface area contributed by atoms with Gasteiger partial charge in [0, 0.05) is 18.6 Å². The first-order valence-corrected chi connectivity index (χ1v) is 6.67. The molecule has 1 rings (SSSR count). The van der Waals surface area contributed by atoms with Crippen molar-refractivity contribution in [3.63, 3.8) is 0 Å². The summed E-state index contributed by atoms with van der Waals surface area (Å²) in [6, 6.07) is 1.09. The van der Waals surface area contributed by atoms with E-state index in [1.807, 2.05) is 0 Å². The molecule has 1 aliphatic heterocycles. The van der Waals surface area contributed by atoms with E-state index in [1.54, 1.807) is 0 Å². The van der Waals surface area contributed by atoms with E-state index in [0.717, 1.165) is 13.0 Å². The smallest absolute Gasteiger partial charge is 0.234 e. The van der Waals surface area contributed by atoms with Crippen LogP contribution in [0, 0.1) is 0 Å². The van der Waals surface area contributed by atoms with Gasteiger partial charge in [0.15, 0.2) is 0 Å². The van der Waals surface area contributed by atoms with Crippen LogP contribution in [0.5, 0.6) is 0 Å². The lowest BCUT2D eigenvalue weighted by Crippen LogP contribution is -2.45. The summed E-state index contributed by atoms with van der Waals surface area (Å²) < 4.78 is 0. The minimum absolute atomic E-state index is 0.183. The van der Waals surface area contributed by atoms with E-state index in [0.29, 0.717) is 18.6 Å². The second kappa shape index (κ2) is 6.89. The van der Waals surface area contributed by atoms with Gasteiger partial charge < -0.3 is 5.32 Å². The number of nitrogens with zero attached hydrogens (tertiary/aromatic N) is 1. The van der Waals surface area contributed by atoms with E-state index in [4.69, 9.17) is 0 Å². The summed E-state index contributed by atoms with van der Waals surface area (Å²) in [5.41, 5.74) is 0. The van der Waals surface area contributed by atoms with E-state index in [1.165, 1.54) is 25.7 Å². The topological polar surface area (TPSA) is 32.3 Å². The quantitative estimate of drug-likeness (QED) is 0.797. The van der Waals surface area contributed by atoms with Gasteiger partial charge in [-0.2, -0.15) is 0 Å². The predicted molar refractivity (Wildman–Crippen MR) is 67.4 cm³/mol. The summed E-state index contributed by atoms with van der Waals surface area (Å²) in [4.78, 5) is 14.1. The molecule has 2 atom stereocenters. The fourth-order valence-electron chi connectivity index (χ4n) is 2.44. The summed E-state index contributed by atoms with van der Waals surface area (Å²) in [6.45, 7) is 7.94. The normalized spacial score (nSPS) is 27.4. The van der Waals surface area contributed by atoms with E-state index in [9.17, 15) is 4.79 Å². The van der Waals surface area contributed by atoms with Gasteiger partial charge in [-0.1, -0.05) is 19.8 Å². The van der Waals surface area contributed by atoms with Gasteiger partial charge in [-0.05, 0) is 33.1 Å². The second-order valence-electron chi connectivity index (χ2n) is 5.00. The molecule has 1 amide bonds. The van der Waals surface area contributed by atoms with E-state index in [2.05, 4.69) is 31.0 Å². The van der Waals surface area contributed by atoms with Crippen molar-refractivity contribution in [2.24, 2.45) is 0 Å². The number of amides is 1. The van der Waals surface area contributed by atoms with Crippen molar-refractivity contribution in [1.29, 1.82) is 0 Å². The molecule has 3 heteroatoms. The Balaban J connectivity index is 2.44. The van der Waals surface area contributed by atoms with Crippen molar-refractivity contribution in [1.82, 2.24) is 10.2 Å². The SMILES string of the molecule is CCCNC(=O)CN1C(C)CCCCC1C. The molecule has 0 aliphatic carbocycles. The molecule has 1 heterocycles. The Morgan fingerprint density at radius 1 is 1.25 bits per heavy atom. The lowest BCUT2D eigenvalue weighted by atomic mass is 10.1. The maximum absolute atomic E-state index is 11.7. The molecular weight excluding hydrogens is 200 g/mol. The first-order chi connectivity index (χ1) is 7.65. The van der Waals surface area contributed by atoms with Gasteiger partial charge in [0.1, 0.15) is 0 Å². The summed E-state index contributed by atoms with van der Waals surface area (Å²) in [5.74, 6) is 0.183. The Morgan fingerprint density at radius 2 is 1.81 bits per heavy atom. The summed E-state index contributed by atoms with van der Waals surface area (Å²) >= 11 is 0. The number of hydrogen-bond donors (Lipinski definition) is 1. The van der Waals surface area contributed by atoms with Gasteiger partial charge in [-0.25, -0.2) is 0 Å². The Morgan fingerprint density at radius 3 is 2.31 bits per heavy atom. The Kier molecular flexibility index (Phi) is 5.81. The molecule has 1 fully saturated rings. The zero-order chi connectivity index (χ0) is 12.0. The number of likely N-dealkylation sites (tertiary alicyclic amines) is 1. The monoisotopic (exact) mass is 226 g/mol. The number of carbonyl (C=O) groups is 1. The molecule has 0 aromatic rings. The van der Waals surface area contributed by atoms with Crippen LogP contribution in [0.3, 0.4) is 0 Å².